The van der Waals surface area contributed by atoms with Gasteiger partial charge in [0.1, 0.15) is 12.7 Å². The highest BCUT2D eigenvalue weighted by Crippen LogP contribution is 2.26. The van der Waals surface area contributed by atoms with Crippen LogP contribution in [0.15, 0.2) is 0 Å². The molecule has 1 fully saturated rings. The van der Waals surface area contributed by atoms with Crippen LogP contribution < -0.4 is 0 Å². The maximum Gasteiger partial charge on any atom is 0.410 e. The van der Waals surface area contributed by atoms with Crippen molar-refractivity contribution in [3.8, 4) is 12.3 Å². The number of ether oxygens (including phenoxy) is 2. The minimum Gasteiger partial charge on any atom is -0.446 e. The van der Waals surface area contributed by atoms with Crippen molar-refractivity contribution in [2.24, 2.45) is 0 Å². The Balaban J connectivity index is 2.35. The van der Waals surface area contributed by atoms with Crippen LogP contribution in [0.2, 0.25) is 0 Å². The molecular weight excluding hydrogens is 230 g/mol. The Morgan fingerprint density at radius 3 is 2.61 bits per heavy atom. The average Bonchev–Trinajstić information content (AvgIpc) is 3.05. The summed E-state index contributed by atoms with van der Waals surface area (Å²) in [7, 11) is 0. The second kappa shape index (κ2) is 6.65. The van der Waals surface area contributed by atoms with E-state index in [2.05, 4.69) is 5.92 Å². The Hall–Kier alpha value is -1.21. The van der Waals surface area contributed by atoms with Crippen molar-refractivity contribution in [3.05, 3.63) is 0 Å². The summed E-state index contributed by atoms with van der Waals surface area (Å²) in [6.45, 7) is 7.52. The largest absolute Gasteiger partial charge is 0.446 e. The molecule has 1 aliphatic carbocycles. The number of hydrogen-bond donors (Lipinski definition) is 0. The van der Waals surface area contributed by atoms with E-state index in [0.29, 0.717) is 19.8 Å². The van der Waals surface area contributed by atoms with E-state index in [1.54, 1.807) is 4.90 Å². The molecule has 0 aromatic carbocycles. The molecule has 0 saturated heterocycles. The monoisotopic (exact) mass is 253 g/mol. The average molecular weight is 253 g/mol. The number of carbonyl (C=O) groups is 1. The number of carbonyl (C=O) groups excluding carboxylic acids is 1. The molecule has 1 rings (SSSR count). The SMILES string of the molecule is C#CCOCCCN(C(=O)OC1CC1)C(C)(C)C. The fraction of sp³-hybridized carbons (Fsp3) is 0.786. The van der Waals surface area contributed by atoms with Gasteiger partial charge in [0.2, 0.25) is 0 Å². The maximum absolute atomic E-state index is 12.0. The van der Waals surface area contributed by atoms with E-state index in [9.17, 15) is 4.79 Å². The molecule has 0 heterocycles. The fourth-order valence-corrected chi connectivity index (χ4v) is 1.55. The fourth-order valence-electron chi connectivity index (χ4n) is 1.55. The normalized spacial score (nSPS) is 15.0. The van der Waals surface area contributed by atoms with Crippen molar-refractivity contribution < 1.29 is 14.3 Å². The summed E-state index contributed by atoms with van der Waals surface area (Å²) in [5, 5.41) is 0. The maximum atomic E-state index is 12.0. The van der Waals surface area contributed by atoms with Crippen molar-refractivity contribution in [2.75, 3.05) is 19.8 Å². The third-order valence-corrected chi connectivity index (χ3v) is 2.68. The van der Waals surface area contributed by atoms with Gasteiger partial charge < -0.3 is 14.4 Å². The first-order valence-electron chi connectivity index (χ1n) is 6.44. The Bertz CT molecular complexity index is 310. The van der Waals surface area contributed by atoms with Crippen molar-refractivity contribution in [2.45, 2.75) is 51.7 Å². The molecule has 0 atom stereocenters. The number of rotatable bonds is 6. The molecule has 0 unspecified atom stereocenters. The Kier molecular flexibility index (Phi) is 5.49. The van der Waals surface area contributed by atoms with E-state index >= 15 is 0 Å². The molecule has 0 N–H and O–H groups in total. The predicted octanol–water partition coefficient (Wildman–Crippen LogP) is 2.43. The summed E-state index contributed by atoms with van der Waals surface area (Å²) in [5.41, 5.74) is -0.238. The van der Waals surface area contributed by atoms with Crippen LogP contribution >= 0.6 is 0 Å². The van der Waals surface area contributed by atoms with Crippen LogP contribution in [-0.2, 0) is 9.47 Å². The second-order valence-corrected chi connectivity index (χ2v) is 5.52. The third-order valence-electron chi connectivity index (χ3n) is 2.68. The first kappa shape index (κ1) is 14.8. The molecular formula is C14H23NO3. The topological polar surface area (TPSA) is 38.8 Å². The van der Waals surface area contributed by atoms with Crippen LogP contribution in [0.4, 0.5) is 4.79 Å². The first-order chi connectivity index (χ1) is 8.45. The molecule has 0 spiro atoms. The van der Waals surface area contributed by atoms with Gasteiger partial charge in [-0.2, -0.15) is 0 Å². The predicted molar refractivity (Wildman–Crippen MR) is 70.2 cm³/mol. The van der Waals surface area contributed by atoms with Crippen molar-refractivity contribution in [3.63, 3.8) is 0 Å². The van der Waals surface area contributed by atoms with Gasteiger partial charge in [-0.3, -0.25) is 0 Å². The Morgan fingerprint density at radius 2 is 2.11 bits per heavy atom. The number of nitrogens with zero attached hydrogens (tertiary/aromatic N) is 1. The second-order valence-electron chi connectivity index (χ2n) is 5.52. The standard InChI is InChI=1S/C14H23NO3/c1-5-10-17-11-6-9-15(14(2,3)4)13(16)18-12-7-8-12/h1,12H,6-11H2,2-4H3. The molecule has 4 heteroatoms. The lowest BCUT2D eigenvalue weighted by atomic mass is 10.1. The summed E-state index contributed by atoms with van der Waals surface area (Å²) in [6, 6.07) is 0. The molecule has 102 valence electrons. The van der Waals surface area contributed by atoms with Crippen LogP contribution in [0.25, 0.3) is 0 Å². The molecule has 4 nitrogen and oxygen atoms in total. The van der Waals surface area contributed by atoms with E-state index in [0.717, 1.165) is 19.3 Å². The summed E-state index contributed by atoms with van der Waals surface area (Å²) in [5.74, 6) is 2.42. The molecule has 1 aliphatic rings. The smallest absolute Gasteiger partial charge is 0.410 e. The number of terminal acetylenes is 1. The third kappa shape index (κ3) is 5.42. The van der Waals surface area contributed by atoms with Crippen LogP contribution in [0.3, 0.4) is 0 Å². The summed E-state index contributed by atoms with van der Waals surface area (Å²) < 4.78 is 10.5. The van der Waals surface area contributed by atoms with Crippen LogP contribution in [-0.4, -0.2) is 42.4 Å². The van der Waals surface area contributed by atoms with Gasteiger partial charge in [0.15, 0.2) is 0 Å². The van der Waals surface area contributed by atoms with E-state index in [4.69, 9.17) is 15.9 Å². The lowest BCUT2D eigenvalue weighted by Crippen LogP contribution is -2.46. The van der Waals surface area contributed by atoms with Crippen molar-refractivity contribution in [1.29, 1.82) is 0 Å². The highest BCUT2D eigenvalue weighted by molar-refractivity contribution is 5.69. The number of amides is 1. The van der Waals surface area contributed by atoms with Crippen LogP contribution in [0.5, 0.6) is 0 Å². The van der Waals surface area contributed by atoms with Gasteiger partial charge in [0.25, 0.3) is 0 Å². The lowest BCUT2D eigenvalue weighted by molar-refractivity contribution is 0.0563. The van der Waals surface area contributed by atoms with Gasteiger partial charge in [0, 0.05) is 18.7 Å². The molecule has 0 radical (unpaired) electrons. The molecule has 1 saturated carbocycles. The molecule has 18 heavy (non-hydrogen) atoms. The quantitative estimate of drug-likeness (QED) is 0.539. The zero-order valence-electron chi connectivity index (χ0n) is 11.6. The number of hydrogen-bond acceptors (Lipinski definition) is 3. The highest BCUT2D eigenvalue weighted by Gasteiger charge is 2.32. The van der Waals surface area contributed by atoms with E-state index in [1.165, 1.54) is 0 Å². The summed E-state index contributed by atoms with van der Waals surface area (Å²) >= 11 is 0. The van der Waals surface area contributed by atoms with Gasteiger partial charge in [0.05, 0.1) is 0 Å². The van der Waals surface area contributed by atoms with Gasteiger partial charge in [-0.15, -0.1) is 6.42 Å². The minimum absolute atomic E-state index is 0.139. The van der Waals surface area contributed by atoms with Crippen molar-refractivity contribution in [1.82, 2.24) is 4.90 Å². The van der Waals surface area contributed by atoms with Gasteiger partial charge in [-0.05, 0) is 40.0 Å². The van der Waals surface area contributed by atoms with Gasteiger partial charge in [-0.1, -0.05) is 5.92 Å². The minimum atomic E-state index is -0.238. The Labute approximate surface area is 110 Å². The zero-order chi connectivity index (χ0) is 13.6. The molecule has 1 amide bonds. The van der Waals surface area contributed by atoms with E-state index in [1.807, 2.05) is 20.8 Å². The van der Waals surface area contributed by atoms with Crippen LogP contribution in [0, 0.1) is 12.3 Å². The molecule has 0 aromatic heterocycles. The Morgan fingerprint density at radius 1 is 1.44 bits per heavy atom. The molecule has 0 aliphatic heterocycles. The van der Waals surface area contributed by atoms with E-state index < -0.39 is 0 Å². The van der Waals surface area contributed by atoms with Gasteiger partial charge >= 0.3 is 6.09 Å². The van der Waals surface area contributed by atoms with E-state index in [-0.39, 0.29) is 17.7 Å². The zero-order valence-corrected chi connectivity index (χ0v) is 11.6. The van der Waals surface area contributed by atoms with Gasteiger partial charge in [-0.25, -0.2) is 4.79 Å². The summed E-state index contributed by atoms with van der Waals surface area (Å²) in [6.07, 6.45) is 7.76. The molecule has 0 aromatic rings. The molecule has 0 bridgehead atoms. The summed E-state index contributed by atoms with van der Waals surface area (Å²) in [4.78, 5) is 13.7. The highest BCUT2D eigenvalue weighted by atomic mass is 16.6. The van der Waals surface area contributed by atoms with Crippen molar-refractivity contribution >= 4 is 6.09 Å². The lowest BCUT2D eigenvalue weighted by Gasteiger charge is -2.34. The first-order valence-corrected chi connectivity index (χ1v) is 6.44. The van der Waals surface area contributed by atoms with Crippen LogP contribution in [0.1, 0.15) is 40.0 Å².